The van der Waals surface area contributed by atoms with Crippen LogP contribution in [0.25, 0.3) is 16.9 Å². The van der Waals surface area contributed by atoms with E-state index in [0.29, 0.717) is 23.4 Å². The molecule has 5 rings (SSSR count). The number of amides is 1. The number of aromatic nitrogens is 7. The first-order valence-corrected chi connectivity index (χ1v) is 11.3. The van der Waals surface area contributed by atoms with Crippen LogP contribution in [0.2, 0.25) is 0 Å². The van der Waals surface area contributed by atoms with Gasteiger partial charge in [0.05, 0.1) is 47.8 Å². The van der Waals surface area contributed by atoms with E-state index in [-0.39, 0.29) is 29.2 Å². The van der Waals surface area contributed by atoms with Gasteiger partial charge >= 0.3 is 6.18 Å². The van der Waals surface area contributed by atoms with Gasteiger partial charge in [-0.3, -0.25) is 14.6 Å². The molecule has 13 heteroatoms. The summed E-state index contributed by atoms with van der Waals surface area (Å²) in [5.74, 6) is -0.170. The number of nitrogens with one attached hydrogen (secondary N) is 1. The summed E-state index contributed by atoms with van der Waals surface area (Å²) in [7, 11) is 0. The average Bonchev–Trinajstić information content (AvgIpc) is 3.64. The maximum Gasteiger partial charge on any atom is 0.418 e. The molecule has 4 aromatic rings. The van der Waals surface area contributed by atoms with Gasteiger partial charge in [0.25, 0.3) is 5.91 Å². The molecule has 1 aromatic carbocycles. The van der Waals surface area contributed by atoms with Gasteiger partial charge in [-0.15, -0.1) is 0 Å². The normalized spacial score (nSPS) is 19.4. The van der Waals surface area contributed by atoms with Crippen molar-refractivity contribution in [2.24, 2.45) is 0 Å². The second-order valence-electron chi connectivity index (χ2n) is 8.73. The number of carbonyl (C=O) groups excluding carboxylic acids is 1. The molecule has 188 valence electrons. The molecule has 0 saturated carbocycles. The van der Waals surface area contributed by atoms with Gasteiger partial charge in [-0.2, -0.15) is 38.4 Å². The van der Waals surface area contributed by atoms with Gasteiger partial charge in [0.15, 0.2) is 6.10 Å². The van der Waals surface area contributed by atoms with Crippen molar-refractivity contribution < 1.29 is 23.1 Å². The molecule has 3 aromatic heterocycles. The molecule has 1 saturated heterocycles. The Hall–Kier alpha value is -4.00. The second-order valence-corrected chi connectivity index (χ2v) is 8.73. The Kier molecular flexibility index (Phi) is 6.08. The quantitative estimate of drug-likeness (QED) is 0.434. The van der Waals surface area contributed by atoms with Crippen LogP contribution in [0.15, 0.2) is 55.2 Å². The number of benzene rings is 1. The van der Waals surface area contributed by atoms with E-state index >= 15 is 0 Å². The van der Waals surface area contributed by atoms with Gasteiger partial charge < -0.3 is 10.0 Å². The summed E-state index contributed by atoms with van der Waals surface area (Å²) in [6.07, 6.45) is 1.02. The second kappa shape index (κ2) is 9.22. The molecule has 1 aliphatic heterocycles. The molecule has 1 unspecified atom stereocenters. The van der Waals surface area contributed by atoms with Crippen LogP contribution in [0, 0.1) is 0 Å². The summed E-state index contributed by atoms with van der Waals surface area (Å²) < 4.78 is 40.8. The lowest BCUT2D eigenvalue weighted by Crippen LogP contribution is -2.46. The number of H-pyrrole nitrogens is 1. The molecule has 0 bridgehead atoms. The molecular formula is C23H23F3N8O2. The number of hydrogen-bond donors (Lipinski definition) is 2. The van der Waals surface area contributed by atoms with Crippen molar-refractivity contribution in [1.29, 1.82) is 0 Å². The minimum absolute atomic E-state index is 0.0245. The maximum atomic E-state index is 13.6. The number of carbonyl (C=O) groups is 1. The standard InChI is InChI=1S/C23H23F3N8O2/c1-14-6-7-16(13-32(14)22(36)17-4-2-3-5-19(17)34-28-8-9-29-34)33-12-15(10-30-33)20-18(11-27-31-20)21(35)23(24,25)26/h2-5,8-12,14,16,21,35H,6-7,13H2,1H3,(H,27,31)/t14-,16-,21?/m1/s1. The Bertz CT molecular complexity index is 1350. The van der Waals surface area contributed by atoms with Crippen LogP contribution < -0.4 is 0 Å². The van der Waals surface area contributed by atoms with Gasteiger partial charge in [-0.25, -0.2) is 0 Å². The van der Waals surface area contributed by atoms with Crippen LogP contribution in [-0.2, 0) is 0 Å². The predicted octanol–water partition coefficient (Wildman–Crippen LogP) is 3.32. The van der Waals surface area contributed by atoms with Crippen LogP contribution >= 0.6 is 0 Å². The Labute approximate surface area is 203 Å². The first-order chi connectivity index (χ1) is 17.2. The number of halogens is 3. The number of alkyl halides is 3. The smallest absolute Gasteiger partial charge is 0.379 e. The average molecular weight is 500 g/mol. The lowest BCUT2D eigenvalue weighted by atomic mass is 9.98. The Morgan fingerprint density at radius 3 is 2.64 bits per heavy atom. The molecule has 1 amide bonds. The van der Waals surface area contributed by atoms with Gasteiger partial charge in [0.1, 0.15) is 0 Å². The van der Waals surface area contributed by atoms with E-state index < -0.39 is 12.3 Å². The number of aromatic amines is 1. The van der Waals surface area contributed by atoms with Crippen molar-refractivity contribution in [3.8, 4) is 16.9 Å². The molecule has 0 spiro atoms. The van der Waals surface area contributed by atoms with Crippen LogP contribution in [0.5, 0.6) is 0 Å². The van der Waals surface area contributed by atoms with Crippen molar-refractivity contribution in [1.82, 2.24) is 39.9 Å². The SMILES string of the molecule is C[C@@H]1CC[C@@H](n2cc(-c3[nH]ncc3C(O)C(F)(F)F)cn2)CN1C(=O)c1ccccc1-n1nccn1. The summed E-state index contributed by atoms with van der Waals surface area (Å²) in [6, 6.07) is 6.88. The fourth-order valence-electron chi connectivity index (χ4n) is 4.49. The molecule has 10 nitrogen and oxygen atoms in total. The fourth-order valence-corrected chi connectivity index (χ4v) is 4.49. The fraction of sp³-hybridized carbons (Fsp3) is 0.348. The number of rotatable bonds is 5. The third-order valence-corrected chi connectivity index (χ3v) is 6.42. The summed E-state index contributed by atoms with van der Waals surface area (Å²) in [5, 5.41) is 28.5. The Morgan fingerprint density at radius 1 is 1.14 bits per heavy atom. The lowest BCUT2D eigenvalue weighted by Gasteiger charge is -2.38. The number of nitrogens with zero attached hydrogens (tertiary/aromatic N) is 7. The van der Waals surface area contributed by atoms with Crippen molar-refractivity contribution >= 4 is 5.91 Å². The number of likely N-dealkylation sites (tertiary alicyclic amines) is 1. The summed E-state index contributed by atoms with van der Waals surface area (Å²) in [5.41, 5.74) is 1.06. The molecule has 1 fully saturated rings. The van der Waals surface area contributed by atoms with Gasteiger partial charge in [0.2, 0.25) is 0 Å². The van der Waals surface area contributed by atoms with E-state index in [1.165, 1.54) is 23.4 Å². The minimum atomic E-state index is -4.82. The Morgan fingerprint density at radius 2 is 1.89 bits per heavy atom. The maximum absolute atomic E-state index is 13.6. The van der Waals surface area contributed by atoms with E-state index in [2.05, 4.69) is 25.5 Å². The largest absolute Gasteiger partial charge is 0.418 e. The molecule has 0 aliphatic carbocycles. The first kappa shape index (κ1) is 23.7. The number of aliphatic hydroxyl groups excluding tert-OH is 1. The molecule has 4 heterocycles. The molecule has 1 aliphatic rings. The summed E-state index contributed by atoms with van der Waals surface area (Å²) in [6.45, 7) is 2.34. The van der Waals surface area contributed by atoms with Crippen LogP contribution in [0.3, 0.4) is 0 Å². The monoisotopic (exact) mass is 500 g/mol. The van der Waals surface area contributed by atoms with E-state index in [4.69, 9.17) is 0 Å². The lowest BCUT2D eigenvalue weighted by molar-refractivity contribution is -0.206. The van der Waals surface area contributed by atoms with Gasteiger partial charge in [-0.1, -0.05) is 12.1 Å². The zero-order valence-electron chi connectivity index (χ0n) is 19.2. The summed E-state index contributed by atoms with van der Waals surface area (Å²) in [4.78, 5) is 16.8. The number of para-hydroxylation sites is 1. The Balaban J connectivity index is 1.39. The zero-order chi connectivity index (χ0) is 25.4. The third kappa shape index (κ3) is 4.37. The number of aliphatic hydroxyl groups is 1. The van der Waals surface area contributed by atoms with Crippen molar-refractivity contribution in [2.75, 3.05) is 6.54 Å². The van der Waals surface area contributed by atoms with Gasteiger partial charge in [0, 0.05) is 29.9 Å². The topological polar surface area (TPSA) is 118 Å². The van der Waals surface area contributed by atoms with Crippen LogP contribution in [-0.4, -0.2) is 69.6 Å². The molecule has 3 atom stereocenters. The van der Waals surface area contributed by atoms with E-state index in [9.17, 15) is 23.1 Å². The highest BCUT2D eigenvalue weighted by Gasteiger charge is 2.41. The summed E-state index contributed by atoms with van der Waals surface area (Å²) >= 11 is 0. The van der Waals surface area contributed by atoms with E-state index in [1.807, 2.05) is 13.0 Å². The minimum Gasteiger partial charge on any atom is -0.379 e. The third-order valence-electron chi connectivity index (χ3n) is 6.42. The van der Waals surface area contributed by atoms with Crippen molar-refractivity contribution in [3.63, 3.8) is 0 Å². The highest BCUT2D eigenvalue weighted by molar-refractivity contribution is 5.98. The highest BCUT2D eigenvalue weighted by Crippen LogP contribution is 2.37. The highest BCUT2D eigenvalue weighted by atomic mass is 19.4. The van der Waals surface area contributed by atoms with E-state index in [0.717, 1.165) is 19.0 Å². The van der Waals surface area contributed by atoms with Crippen molar-refractivity contribution in [2.45, 2.75) is 44.1 Å². The predicted molar refractivity (Wildman–Crippen MR) is 121 cm³/mol. The molecule has 2 N–H and O–H groups in total. The van der Waals surface area contributed by atoms with Crippen LogP contribution in [0.1, 0.15) is 47.8 Å². The molecular weight excluding hydrogens is 477 g/mol. The number of hydrogen-bond acceptors (Lipinski definition) is 6. The number of piperidine rings is 1. The first-order valence-electron chi connectivity index (χ1n) is 11.3. The molecule has 0 radical (unpaired) electrons. The van der Waals surface area contributed by atoms with Crippen LogP contribution in [0.4, 0.5) is 13.2 Å². The zero-order valence-corrected chi connectivity index (χ0v) is 19.2. The van der Waals surface area contributed by atoms with Crippen molar-refractivity contribution in [3.05, 3.63) is 66.4 Å². The van der Waals surface area contributed by atoms with E-state index in [1.54, 1.807) is 34.0 Å². The van der Waals surface area contributed by atoms with Gasteiger partial charge in [-0.05, 0) is 31.9 Å². The molecule has 36 heavy (non-hydrogen) atoms.